The van der Waals surface area contributed by atoms with Gasteiger partial charge in [0.25, 0.3) is 17.5 Å². The Morgan fingerprint density at radius 2 is 1.45 bits per heavy atom. The van der Waals surface area contributed by atoms with Crippen molar-refractivity contribution >= 4 is 56.1 Å². The minimum absolute atomic E-state index is 0.00111. The van der Waals surface area contributed by atoms with E-state index in [9.17, 15) is 24.8 Å². The first-order valence-electron chi connectivity index (χ1n) is 17.8. The molecular formula is C41H45N5O5. The molecule has 0 radical (unpaired) electrons. The van der Waals surface area contributed by atoms with Crippen LogP contribution in [0.2, 0.25) is 0 Å². The summed E-state index contributed by atoms with van der Waals surface area (Å²) in [5.74, 6) is -1.23. The number of nitrogens with zero attached hydrogens (tertiary/aromatic N) is 3. The van der Waals surface area contributed by atoms with Crippen molar-refractivity contribution in [3.63, 3.8) is 0 Å². The number of unbranched alkanes of at least 4 members (excludes halogenated alkanes) is 9. The number of rotatable bonds is 17. The molecule has 10 heteroatoms. The molecule has 264 valence electrons. The van der Waals surface area contributed by atoms with E-state index in [2.05, 4.69) is 27.8 Å². The van der Waals surface area contributed by atoms with Crippen LogP contribution in [0.1, 0.15) is 97.4 Å². The normalized spacial score (nSPS) is 11.3. The van der Waals surface area contributed by atoms with Crippen molar-refractivity contribution in [1.82, 2.24) is 5.32 Å². The van der Waals surface area contributed by atoms with Gasteiger partial charge in [0.15, 0.2) is 5.75 Å². The summed E-state index contributed by atoms with van der Waals surface area (Å²) in [7, 11) is 0. The number of carbonyl (C=O) groups is 2. The molecule has 3 N–H and O–H groups in total. The van der Waals surface area contributed by atoms with E-state index < -0.39 is 16.6 Å². The maximum atomic E-state index is 13.8. The van der Waals surface area contributed by atoms with E-state index in [0.717, 1.165) is 30.0 Å². The largest absolute Gasteiger partial charge is 0.505 e. The van der Waals surface area contributed by atoms with Gasteiger partial charge in [-0.3, -0.25) is 19.7 Å². The predicted octanol–water partition coefficient (Wildman–Crippen LogP) is 11.2. The molecule has 2 amide bonds. The third-order valence-corrected chi connectivity index (χ3v) is 9.11. The number of hydrogen-bond donors (Lipinski definition) is 3. The number of benzene rings is 5. The molecule has 0 aliphatic carbocycles. The van der Waals surface area contributed by atoms with E-state index >= 15 is 0 Å². The number of hydrogen-bond acceptors (Lipinski definition) is 7. The fraction of sp³-hybridized carbons (Fsp3) is 0.317. The van der Waals surface area contributed by atoms with Crippen LogP contribution in [0, 0.1) is 17.0 Å². The van der Waals surface area contributed by atoms with Gasteiger partial charge in [0.1, 0.15) is 5.69 Å². The van der Waals surface area contributed by atoms with Crippen molar-refractivity contribution in [3.05, 3.63) is 112 Å². The van der Waals surface area contributed by atoms with Gasteiger partial charge in [-0.15, -0.1) is 10.2 Å². The lowest BCUT2D eigenvalue weighted by Crippen LogP contribution is -2.24. The highest BCUT2D eigenvalue weighted by Crippen LogP contribution is 2.41. The summed E-state index contributed by atoms with van der Waals surface area (Å²) in [6.07, 6.45) is 12.1. The lowest BCUT2D eigenvalue weighted by atomic mass is 10.00. The van der Waals surface area contributed by atoms with E-state index in [1.54, 1.807) is 37.3 Å². The first-order chi connectivity index (χ1) is 24.8. The molecule has 0 aliphatic rings. The minimum atomic E-state index is -0.579. The summed E-state index contributed by atoms with van der Waals surface area (Å²) in [5, 5.41) is 40.1. The van der Waals surface area contributed by atoms with E-state index in [1.807, 2.05) is 36.4 Å². The summed E-state index contributed by atoms with van der Waals surface area (Å²) in [5.41, 5.74) is 1.62. The first kappa shape index (κ1) is 36.6. The second kappa shape index (κ2) is 17.8. The van der Waals surface area contributed by atoms with Crippen molar-refractivity contribution in [2.45, 2.75) is 78.1 Å². The number of aromatic hydroxyl groups is 1. The lowest BCUT2D eigenvalue weighted by Gasteiger charge is -2.13. The Kier molecular flexibility index (Phi) is 12.8. The second-order valence-corrected chi connectivity index (χ2v) is 12.9. The van der Waals surface area contributed by atoms with E-state index in [0.29, 0.717) is 34.1 Å². The second-order valence-electron chi connectivity index (χ2n) is 12.9. The number of phenolic OH excluding ortho intramolecular Hbond substituents is 1. The van der Waals surface area contributed by atoms with Crippen molar-refractivity contribution in [3.8, 4) is 5.75 Å². The topological polar surface area (TPSA) is 146 Å². The van der Waals surface area contributed by atoms with E-state index in [1.165, 1.54) is 63.1 Å². The molecule has 0 unspecified atom stereocenters. The van der Waals surface area contributed by atoms with E-state index in [-0.39, 0.29) is 28.5 Å². The molecule has 0 atom stereocenters. The number of fused-ring (bicyclic) bond motifs is 2. The fourth-order valence-corrected chi connectivity index (χ4v) is 6.16. The van der Waals surface area contributed by atoms with Crippen LogP contribution < -0.4 is 10.6 Å². The number of azo groups is 1. The highest BCUT2D eigenvalue weighted by Gasteiger charge is 2.21. The Bertz CT molecular complexity index is 2050. The van der Waals surface area contributed by atoms with Gasteiger partial charge in [0.05, 0.1) is 16.2 Å². The van der Waals surface area contributed by atoms with Crippen LogP contribution in [-0.4, -0.2) is 28.4 Å². The van der Waals surface area contributed by atoms with Crippen LogP contribution in [0.25, 0.3) is 21.5 Å². The zero-order valence-electron chi connectivity index (χ0n) is 29.3. The zero-order chi connectivity index (χ0) is 36.2. The highest BCUT2D eigenvalue weighted by molar-refractivity contribution is 6.14. The number of aryl methyl sites for hydroxylation is 1. The molecule has 0 aliphatic heterocycles. The monoisotopic (exact) mass is 687 g/mol. The fourth-order valence-electron chi connectivity index (χ4n) is 6.16. The molecule has 0 heterocycles. The third-order valence-electron chi connectivity index (χ3n) is 9.11. The average molecular weight is 688 g/mol. The molecule has 10 nitrogen and oxygen atoms in total. The molecule has 0 bridgehead atoms. The van der Waals surface area contributed by atoms with Crippen molar-refractivity contribution in [1.29, 1.82) is 0 Å². The minimum Gasteiger partial charge on any atom is -0.505 e. The third kappa shape index (κ3) is 9.54. The summed E-state index contributed by atoms with van der Waals surface area (Å²) < 4.78 is 0. The van der Waals surface area contributed by atoms with Crippen LogP contribution in [0.4, 0.5) is 22.7 Å². The van der Waals surface area contributed by atoms with Crippen LogP contribution in [0.5, 0.6) is 5.75 Å². The Hall–Kier alpha value is -5.64. The molecule has 51 heavy (non-hydrogen) atoms. The Labute approximate surface area is 298 Å². The van der Waals surface area contributed by atoms with Gasteiger partial charge < -0.3 is 15.7 Å². The molecule has 0 saturated carbocycles. The average Bonchev–Trinajstić information content (AvgIpc) is 3.13. The standard InChI is InChI=1S/C41H45N5O5/c1-3-4-5-6-7-8-9-10-11-14-24-42-40(48)30-21-23-34-31(25-30)26-35(41(49)43-36-19-15-17-29-16-12-13-18-33(29)36)39(47)38(34)45-44-37-27-32(46(50)51)22-20-28(37)2/h12-13,15-23,25-27,47H,3-11,14,24H2,1-2H3,(H,42,48)(H,43,49). The summed E-state index contributed by atoms with van der Waals surface area (Å²) in [6.45, 7) is 4.53. The van der Waals surface area contributed by atoms with E-state index in [4.69, 9.17) is 0 Å². The molecular weight excluding hydrogens is 642 g/mol. The molecule has 5 rings (SSSR count). The molecule has 0 fully saturated rings. The van der Waals surface area contributed by atoms with Crippen LogP contribution in [0.15, 0.2) is 95.2 Å². The van der Waals surface area contributed by atoms with Crippen molar-refractivity contribution < 1.29 is 19.6 Å². The Balaban J connectivity index is 1.38. The maximum absolute atomic E-state index is 13.8. The number of amides is 2. The number of phenols is 1. The van der Waals surface area contributed by atoms with Gasteiger partial charge in [-0.25, -0.2) is 0 Å². The smallest absolute Gasteiger partial charge is 0.271 e. The SMILES string of the molecule is CCCCCCCCCCCCNC(=O)c1ccc2c(N=Nc3cc([N+](=O)[O-])ccc3C)c(O)c(C(=O)Nc3cccc4ccccc34)cc2c1. The van der Waals surface area contributed by atoms with Crippen LogP contribution >= 0.6 is 0 Å². The molecule has 0 aromatic heterocycles. The zero-order valence-corrected chi connectivity index (χ0v) is 29.3. The van der Waals surface area contributed by atoms with Crippen molar-refractivity contribution in [2.24, 2.45) is 10.2 Å². The maximum Gasteiger partial charge on any atom is 0.271 e. The van der Waals surface area contributed by atoms with Crippen LogP contribution in [-0.2, 0) is 0 Å². The van der Waals surface area contributed by atoms with Gasteiger partial charge in [-0.1, -0.05) is 113 Å². The summed E-state index contributed by atoms with van der Waals surface area (Å²) >= 11 is 0. The van der Waals surface area contributed by atoms with Gasteiger partial charge in [-0.2, -0.15) is 0 Å². The van der Waals surface area contributed by atoms with Gasteiger partial charge in [0, 0.05) is 40.7 Å². The summed E-state index contributed by atoms with van der Waals surface area (Å²) in [4.78, 5) is 37.8. The summed E-state index contributed by atoms with van der Waals surface area (Å²) in [6, 6.07) is 23.9. The Morgan fingerprint density at radius 3 is 2.20 bits per heavy atom. The van der Waals surface area contributed by atoms with Gasteiger partial charge in [0.2, 0.25) is 0 Å². The molecule has 0 spiro atoms. The quantitative estimate of drug-likeness (QED) is 0.0385. The lowest BCUT2D eigenvalue weighted by molar-refractivity contribution is -0.384. The Morgan fingerprint density at radius 1 is 0.745 bits per heavy atom. The first-order valence-corrected chi connectivity index (χ1v) is 17.8. The highest BCUT2D eigenvalue weighted by atomic mass is 16.6. The van der Waals surface area contributed by atoms with Gasteiger partial charge in [-0.05, 0) is 53.9 Å². The van der Waals surface area contributed by atoms with Gasteiger partial charge >= 0.3 is 0 Å². The number of non-ortho nitro benzene ring substituents is 1. The number of nitrogens with one attached hydrogen (secondary N) is 2. The number of nitro groups is 1. The predicted molar refractivity (Wildman–Crippen MR) is 204 cm³/mol. The molecule has 5 aromatic carbocycles. The number of carbonyl (C=O) groups excluding carboxylic acids is 2. The number of nitro benzene ring substituents is 1. The molecule has 5 aromatic rings. The molecule has 0 saturated heterocycles. The van der Waals surface area contributed by atoms with Crippen LogP contribution in [0.3, 0.4) is 0 Å². The van der Waals surface area contributed by atoms with Crippen molar-refractivity contribution in [2.75, 3.05) is 11.9 Å². The number of anilines is 1.